The van der Waals surface area contributed by atoms with Crippen LogP contribution in [0.3, 0.4) is 0 Å². The maximum absolute atomic E-state index is 13.0. The first kappa shape index (κ1) is 20.6. The molecule has 2 aliphatic heterocycles. The van der Waals surface area contributed by atoms with Gasteiger partial charge in [0.1, 0.15) is 23.3 Å². The highest BCUT2D eigenvalue weighted by Crippen LogP contribution is 2.47. The lowest BCUT2D eigenvalue weighted by atomic mass is 10.1. The molecule has 0 radical (unpaired) electrons. The molecule has 32 heavy (non-hydrogen) atoms. The van der Waals surface area contributed by atoms with Gasteiger partial charge in [0.2, 0.25) is 6.79 Å². The minimum atomic E-state index is -0.134. The van der Waals surface area contributed by atoms with E-state index in [0.717, 1.165) is 38.8 Å². The standard InChI is InChI=1S/C23H27N5O4/c1-2-3-10-30-16-4-5-17-22(32-13-31-17)18(16)20-21-19(26-12-27-20)15(11-25-21)23(29)28-14-6-8-24-9-7-14/h4-5,11-12,14,24-25H,2-3,6-10,13H2,1H3,(H,28,29). The molecule has 3 N–H and O–H groups in total. The maximum Gasteiger partial charge on any atom is 0.255 e. The molecule has 9 nitrogen and oxygen atoms in total. The second-order valence-electron chi connectivity index (χ2n) is 8.02. The first-order valence-electron chi connectivity index (χ1n) is 11.2. The molecule has 0 saturated carbocycles. The predicted octanol–water partition coefficient (Wildman–Crippen LogP) is 3.01. The second kappa shape index (κ2) is 9.04. The number of ether oxygens (including phenoxy) is 3. The largest absolute Gasteiger partial charge is 0.493 e. The van der Waals surface area contributed by atoms with Gasteiger partial charge >= 0.3 is 0 Å². The SMILES string of the molecule is CCCCOc1ccc2c(c1-c1ncnc3c(C(=O)NC4CCNCC4)c[nH]c13)OCO2. The number of unbranched alkanes of at least 4 members (excludes halogenated alkanes) is 1. The lowest BCUT2D eigenvalue weighted by Gasteiger charge is -2.23. The van der Waals surface area contributed by atoms with Crippen molar-refractivity contribution in [2.75, 3.05) is 26.5 Å². The average Bonchev–Trinajstić information content (AvgIpc) is 3.47. The molecule has 2 aliphatic rings. The molecular formula is C23H27N5O4. The summed E-state index contributed by atoms with van der Waals surface area (Å²) in [7, 11) is 0. The third-order valence-electron chi connectivity index (χ3n) is 5.88. The van der Waals surface area contributed by atoms with Crippen molar-refractivity contribution < 1.29 is 19.0 Å². The number of hydrogen-bond acceptors (Lipinski definition) is 7. The summed E-state index contributed by atoms with van der Waals surface area (Å²) in [6.45, 7) is 4.67. The molecule has 4 heterocycles. The van der Waals surface area contributed by atoms with E-state index < -0.39 is 0 Å². The number of H-pyrrole nitrogens is 1. The van der Waals surface area contributed by atoms with Crippen LogP contribution in [0.1, 0.15) is 43.0 Å². The van der Waals surface area contributed by atoms with Crippen molar-refractivity contribution in [2.24, 2.45) is 0 Å². The van der Waals surface area contributed by atoms with Crippen molar-refractivity contribution in [2.45, 2.75) is 38.6 Å². The number of fused-ring (bicyclic) bond motifs is 2. The fraction of sp³-hybridized carbons (Fsp3) is 0.435. The Kier molecular flexibility index (Phi) is 5.81. The van der Waals surface area contributed by atoms with Crippen LogP contribution < -0.4 is 24.8 Å². The van der Waals surface area contributed by atoms with E-state index in [4.69, 9.17) is 14.2 Å². The van der Waals surface area contributed by atoms with Crippen molar-refractivity contribution in [3.05, 3.63) is 30.2 Å². The number of piperidine rings is 1. The second-order valence-corrected chi connectivity index (χ2v) is 8.02. The molecule has 0 aliphatic carbocycles. The van der Waals surface area contributed by atoms with E-state index in [-0.39, 0.29) is 18.7 Å². The quantitative estimate of drug-likeness (QED) is 0.487. The summed E-state index contributed by atoms with van der Waals surface area (Å²) in [5.74, 6) is 1.77. The van der Waals surface area contributed by atoms with Gasteiger partial charge < -0.3 is 29.8 Å². The number of amides is 1. The summed E-state index contributed by atoms with van der Waals surface area (Å²) in [6.07, 6.45) is 6.97. The van der Waals surface area contributed by atoms with Crippen LogP contribution in [0.4, 0.5) is 0 Å². The molecule has 1 fully saturated rings. The van der Waals surface area contributed by atoms with Crippen LogP contribution in [-0.4, -0.2) is 53.4 Å². The predicted molar refractivity (Wildman–Crippen MR) is 119 cm³/mol. The number of carbonyl (C=O) groups is 1. The number of nitrogens with one attached hydrogen (secondary N) is 3. The van der Waals surface area contributed by atoms with Crippen molar-refractivity contribution in [1.29, 1.82) is 0 Å². The van der Waals surface area contributed by atoms with E-state index in [1.165, 1.54) is 6.33 Å². The zero-order valence-corrected chi connectivity index (χ0v) is 18.1. The molecule has 168 valence electrons. The Morgan fingerprint density at radius 1 is 1.25 bits per heavy atom. The van der Waals surface area contributed by atoms with Gasteiger partial charge in [-0.1, -0.05) is 13.3 Å². The number of hydrogen-bond donors (Lipinski definition) is 3. The zero-order chi connectivity index (χ0) is 21.9. The molecule has 9 heteroatoms. The normalized spacial score (nSPS) is 15.8. The number of rotatable bonds is 7. The van der Waals surface area contributed by atoms with Gasteiger partial charge in [-0.15, -0.1) is 0 Å². The summed E-state index contributed by atoms with van der Waals surface area (Å²) in [5, 5.41) is 6.44. The highest BCUT2D eigenvalue weighted by Gasteiger charge is 2.27. The third-order valence-corrected chi connectivity index (χ3v) is 5.88. The van der Waals surface area contributed by atoms with Gasteiger partial charge in [-0.05, 0) is 44.5 Å². The molecule has 0 bridgehead atoms. The average molecular weight is 438 g/mol. The van der Waals surface area contributed by atoms with Crippen LogP contribution in [0, 0.1) is 0 Å². The highest BCUT2D eigenvalue weighted by atomic mass is 16.7. The van der Waals surface area contributed by atoms with Gasteiger partial charge in [0, 0.05) is 12.2 Å². The van der Waals surface area contributed by atoms with E-state index in [0.29, 0.717) is 51.7 Å². The molecule has 0 atom stereocenters. The number of carbonyl (C=O) groups excluding carboxylic acids is 1. The fourth-order valence-electron chi connectivity index (χ4n) is 4.16. The Hall–Kier alpha value is -3.33. The summed E-state index contributed by atoms with van der Waals surface area (Å²) in [5.41, 5.74) is 3.05. The van der Waals surface area contributed by atoms with Gasteiger partial charge in [-0.3, -0.25) is 4.79 Å². The van der Waals surface area contributed by atoms with Crippen LogP contribution >= 0.6 is 0 Å². The molecule has 2 aromatic heterocycles. The number of benzene rings is 1. The topological polar surface area (TPSA) is 110 Å². The van der Waals surface area contributed by atoms with E-state index in [1.807, 2.05) is 12.1 Å². The molecule has 5 rings (SSSR count). The Morgan fingerprint density at radius 3 is 2.97 bits per heavy atom. The summed E-state index contributed by atoms with van der Waals surface area (Å²) >= 11 is 0. The number of aromatic amines is 1. The van der Waals surface area contributed by atoms with Gasteiger partial charge in [0.15, 0.2) is 11.5 Å². The van der Waals surface area contributed by atoms with Crippen LogP contribution in [0.5, 0.6) is 17.2 Å². The van der Waals surface area contributed by atoms with Gasteiger partial charge in [-0.2, -0.15) is 0 Å². The Labute approximate surface area is 185 Å². The Balaban J connectivity index is 1.53. The Morgan fingerprint density at radius 2 is 2.12 bits per heavy atom. The third kappa shape index (κ3) is 3.84. The number of aromatic nitrogens is 3. The summed E-state index contributed by atoms with van der Waals surface area (Å²) in [6, 6.07) is 3.88. The van der Waals surface area contributed by atoms with Crippen LogP contribution in [0.25, 0.3) is 22.3 Å². The van der Waals surface area contributed by atoms with Gasteiger partial charge in [0.25, 0.3) is 5.91 Å². The summed E-state index contributed by atoms with van der Waals surface area (Å²) < 4.78 is 17.4. The summed E-state index contributed by atoms with van der Waals surface area (Å²) in [4.78, 5) is 25.1. The van der Waals surface area contributed by atoms with Crippen molar-refractivity contribution in [3.63, 3.8) is 0 Å². The van der Waals surface area contributed by atoms with Crippen molar-refractivity contribution >= 4 is 16.9 Å². The molecule has 1 saturated heterocycles. The van der Waals surface area contributed by atoms with Gasteiger partial charge in [-0.25, -0.2) is 9.97 Å². The molecular weight excluding hydrogens is 410 g/mol. The zero-order valence-electron chi connectivity index (χ0n) is 18.1. The molecule has 3 aromatic rings. The maximum atomic E-state index is 13.0. The van der Waals surface area contributed by atoms with E-state index in [1.54, 1.807) is 6.20 Å². The molecule has 0 spiro atoms. The highest BCUT2D eigenvalue weighted by molar-refractivity contribution is 6.08. The van der Waals surface area contributed by atoms with Crippen molar-refractivity contribution in [1.82, 2.24) is 25.6 Å². The Bertz CT molecular complexity index is 1120. The first-order chi connectivity index (χ1) is 15.8. The fourth-order valence-corrected chi connectivity index (χ4v) is 4.16. The van der Waals surface area contributed by atoms with E-state index >= 15 is 0 Å². The van der Waals surface area contributed by atoms with Crippen molar-refractivity contribution in [3.8, 4) is 28.5 Å². The van der Waals surface area contributed by atoms with Gasteiger partial charge in [0.05, 0.1) is 23.3 Å². The first-order valence-corrected chi connectivity index (χ1v) is 11.2. The van der Waals surface area contributed by atoms with Crippen LogP contribution in [-0.2, 0) is 0 Å². The van der Waals surface area contributed by atoms with E-state index in [9.17, 15) is 4.79 Å². The van der Waals surface area contributed by atoms with Crippen LogP contribution in [0.2, 0.25) is 0 Å². The molecule has 0 unspecified atom stereocenters. The number of nitrogens with zero attached hydrogens (tertiary/aromatic N) is 2. The smallest absolute Gasteiger partial charge is 0.255 e. The lowest BCUT2D eigenvalue weighted by Crippen LogP contribution is -2.42. The minimum Gasteiger partial charge on any atom is -0.493 e. The monoisotopic (exact) mass is 437 g/mol. The van der Waals surface area contributed by atoms with Crippen LogP contribution in [0.15, 0.2) is 24.7 Å². The lowest BCUT2D eigenvalue weighted by molar-refractivity contribution is 0.0931. The molecule has 1 amide bonds. The molecule has 1 aromatic carbocycles. The minimum absolute atomic E-state index is 0.134. The van der Waals surface area contributed by atoms with E-state index in [2.05, 4.69) is 32.5 Å².